The predicted octanol–water partition coefficient (Wildman–Crippen LogP) is 2.06. The summed E-state index contributed by atoms with van der Waals surface area (Å²) in [6, 6.07) is 0. The number of rotatable bonds is 1. The van der Waals surface area contributed by atoms with E-state index in [1.54, 1.807) is 0 Å². The van der Waals surface area contributed by atoms with Crippen LogP contribution in [0.4, 0.5) is 4.39 Å². The molecule has 0 aromatic heterocycles. The molecule has 0 fully saturated rings. The Balaban J connectivity index is 3.54. The maximum Gasteiger partial charge on any atom is 0.326 e. The zero-order chi connectivity index (χ0) is 6.08. The summed E-state index contributed by atoms with van der Waals surface area (Å²) < 4.78 is 11.7. The number of hydrogen-bond donors (Lipinski definition) is 0. The van der Waals surface area contributed by atoms with Crippen molar-refractivity contribution in [1.29, 1.82) is 0 Å². The van der Waals surface area contributed by atoms with E-state index >= 15 is 0 Å². The molecule has 0 aromatic rings. The molecule has 1 nitrogen and oxygen atoms in total. The minimum absolute atomic E-state index is 0.846. The van der Waals surface area contributed by atoms with Crippen LogP contribution in [-0.4, -0.2) is 10.1 Å². The highest BCUT2D eigenvalue weighted by Crippen LogP contribution is 2.23. The first-order chi connectivity index (χ1) is 2.94. The van der Waals surface area contributed by atoms with Gasteiger partial charge in [-0.05, 0) is 18.5 Å². The third kappa shape index (κ3) is 3.26. The lowest BCUT2D eigenvalue weighted by molar-refractivity contribution is -0.0616. The summed E-state index contributed by atoms with van der Waals surface area (Å²) in [6.07, 6.45) is 0. The van der Waals surface area contributed by atoms with E-state index in [9.17, 15) is 9.50 Å². The Morgan fingerprint density at radius 3 is 2.14 bits per heavy atom. The third-order valence-corrected chi connectivity index (χ3v) is 1.64. The molecule has 7 heavy (non-hydrogen) atoms. The summed E-state index contributed by atoms with van der Waals surface area (Å²) in [6.45, 7) is 1.35. The van der Waals surface area contributed by atoms with Gasteiger partial charge in [-0.3, -0.25) is 0 Å². The van der Waals surface area contributed by atoms with Crippen molar-refractivity contribution < 1.29 is 9.50 Å². The number of alkyl halides is 3. The molecule has 0 amide bonds. The fourth-order valence-electron chi connectivity index (χ4n) is 0. The van der Waals surface area contributed by atoms with Gasteiger partial charge in [-0.1, -0.05) is 15.9 Å². The Kier molecular flexibility index (Phi) is 2.50. The van der Waals surface area contributed by atoms with Crippen LogP contribution in [0.1, 0.15) is 6.92 Å². The van der Waals surface area contributed by atoms with Crippen LogP contribution in [0.15, 0.2) is 0 Å². The second-order valence-corrected chi connectivity index (χ2v) is 3.07. The maximum absolute atomic E-state index is 11.7. The van der Waals surface area contributed by atoms with Gasteiger partial charge in [-0.15, -0.1) is 0 Å². The van der Waals surface area contributed by atoms with Crippen LogP contribution in [-0.2, 0) is 5.11 Å². The van der Waals surface area contributed by atoms with Gasteiger partial charge < -0.3 is 0 Å². The molecule has 2 atom stereocenters. The average Bonchev–Trinajstić information content (AvgIpc) is 1.31. The molecule has 0 rings (SSSR count). The zero-order valence-corrected chi connectivity index (χ0v) is 5.96. The summed E-state index contributed by atoms with van der Waals surface area (Å²) in [4.78, 5) is -0.846. The Hall–Kier alpha value is 0.660. The van der Waals surface area contributed by atoms with Gasteiger partial charge in [-0.25, -0.2) is 0 Å². The summed E-state index contributed by atoms with van der Waals surface area (Å²) in [7, 11) is 0. The lowest BCUT2D eigenvalue weighted by atomic mass is 10.5. The molecule has 0 aliphatic carbocycles. The largest absolute Gasteiger partial charge is 0.326 e. The van der Waals surface area contributed by atoms with Crippen molar-refractivity contribution in [1.82, 2.24) is 0 Å². The Bertz CT molecular complexity index is 60.4. The van der Waals surface area contributed by atoms with Gasteiger partial charge >= 0.3 is 5.31 Å². The fourth-order valence-corrected chi connectivity index (χ4v) is 0. The van der Waals surface area contributed by atoms with E-state index in [1.165, 1.54) is 6.92 Å². The third-order valence-electron chi connectivity index (χ3n) is 0.463. The molecule has 2 unspecified atom stereocenters. The van der Waals surface area contributed by atoms with Gasteiger partial charge in [0.1, 0.15) is 0 Å². The molecule has 0 aromatic carbocycles. The molecule has 0 saturated heterocycles. The van der Waals surface area contributed by atoms with Crippen LogP contribution in [0.3, 0.4) is 0 Å². The molecule has 0 bridgehead atoms. The lowest BCUT2D eigenvalue weighted by Crippen LogP contribution is -2.21. The van der Waals surface area contributed by atoms with Crippen LogP contribution in [0.5, 0.6) is 0 Å². The van der Waals surface area contributed by atoms with E-state index < -0.39 is 10.1 Å². The smallest absolute Gasteiger partial charge is 0.189 e. The van der Waals surface area contributed by atoms with Crippen molar-refractivity contribution in [2.24, 2.45) is 0 Å². The summed E-state index contributed by atoms with van der Waals surface area (Å²) in [5, 5.41) is 6.99. The second-order valence-electron chi connectivity index (χ2n) is 1.18. The van der Waals surface area contributed by atoms with E-state index in [4.69, 9.17) is 0 Å². The van der Waals surface area contributed by atoms with Gasteiger partial charge in [0.05, 0.1) is 4.83 Å². The highest BCUT2D eigenvalue weighted by Gasteiger charge is 2.30. The van der Waals surface area contributed by atoms with E-state index in [0.717, 1.165) is 0 Å². The molecular formula is C3H4BrClFO. The highest BCUT2D eigenvalue weighted by molar-refractivity contribution is 9.09. The lowest BCUT2D eigenvalue weighted by Gasteiger charge is -2.07. The molecule has 43 valence electrons. The quantitative estimate of drug-likeness (QED) is 0.564. The van der Waals surface area contributed by atoms with E-state index in [2.05, 4.69) is 27.5 Å². The first-order valence-corrected chi connectivity index (χ1v) is 2.96. The molecular weight excluding hydrogens is 186 g/mol. The molecule has 0 saturated carbocycles. The molecule has 1 radical (unpaired) electrons. The predicted molar refractivity (Wildman–Crippen MR) is 28.8 cm³/mol. The van der Waals surface area contributed by atoms with Gasteiger partial charge in [0.2, 0.25) is 0 Å². The van der Waals surface area contributed by atoms with E-state index in [-0.39, 0.29) is 0 Å². The minimum Gasteiger partial charge on any atom is -0.189 e. The van der Waals surface area contributed by atoms with Gasteiger partial charge in [0.15, 0.2) is 0 Å². The number of halogens is 3. The molecule has 0 aliphatic heterocycles. The summed E-state index contributed by atoms with van der Waals surface area (Å²) in [5.41, 5.74) is 0. The van der Waals surface area contributed by atoms with Crippen molar-refractivity contribution >= 4 is 27.5 Å². The summed E-state index contributed by atoms with van der Waals surface area (Å²) >= 11 is 7.27. The monoisotopic (exact) mass is 189 g/mol. The van der Waals surface area contributed by atoms with Crippen LogP contribution in [0.25, 0.3) is 0 Å². The maximum atomic E-state index is 11.7. The van der Waals surface area contributed by atoms with Gasteiger partial charge in [-0.2, -0.15) is 9.50 Å². The highest BCUT2D eigenvalue weighted by atomic mass is 79.9. The normalized spacial score (nSPS) is 23.6. The van der Waals surface area contributed by atoms with Gasteiger partial charge in [0, 0.05) is 0 Å². The molecule has 0 N–H and O–H groups in total. The van der Waals surface area contributed by atoms with E-state index in [1.807, 2.05) is 0 Å². The van der Waals surface area contributed by atoms with Crippen molar-refractivity contribution in [3.63, 3.8) is 0 Å². The molecule has 4 heteroatoms. The SMILES string of the molecule is CC(Br)C([O])(F)Cl. The minimum atomic E-state index is -2.86. The van der Waals surface area contributed by atoms with E-state index in [0.29, 0.717) is 0 Å². The van der Waals surface area contributed by atoms with Crippen molar-refractivity contribution in [2.45, 2.75) is 17.1 Å². The summed E-state index contributed by atoms with van der Waals surface area (Å²) in [5.74, 6) is 0. The first kappa shape index (κ1) is 7.66. The zero-order valence-electron chi connectivity index (χ0n) is 3.62. The Morgan fingerprint density at radius 2 is 2.14 bits per heavy atom. The van der Waals surface area contributed by atoms with Crippen LogP contribution in [0.2, 0.25) is 0 Å². The van der Waals surface area contributed by atoms with Crippen molar-refractivity contribution in [2.75, 3.05) is 0 Å². The standard InChI is InChI=1S/C3H4BrClFO/c1-2(4)3(5,6)7/h2H,1H3. The molecule has 0 aliphatic rings. The first-order valence-electron chi connectivity index (χ1n) is 1.67. The van der Waals surface area contributed by atoms with Crippen LogP contribution < -0.4 is 0 Å². The van der Waals surface area contributed by atoms with Crippen molar-refractivity contribution in [3.8, 4) is 0 Å². The Labute approximate surface area is 54.6 Å². The average molecular weight is 190 g/mol. The fraction of sp³-hybridized carbons (Fsp3) is 1.00. The van der Waals surface area contributed by atoms with Crippen LogP contribution >= 0.6 is 27.5 Å². The Morgan fingerprint density at radius 1 is 2.00 bits per heavy atom. The topological polar surface area (TPSA) is 19.9 Å². The molecule has 0 spiro atoms. The molecule has 0 heterocycles. The van der Waals surface area contributed by atoms with Gasteiger partial charge in [0.25, 0.3) is 0 Å². The van der Waals surface area contributed by atoms with Crippen molar-refractivity contribution in [3.05, 3.63) is 0 Å². The van der Waals surface area contributed by atoms with Crippen LogP contribution in [0, 0.1) is 0 Å². The second kappa shape index (κ2) is 2.29. The number of hydrogen-bond acceptors (Lipinski definition) is 0.